The number of ketones is 1. The average Bonchev–Trinajstić information content (AvgIpc) is 2.18. The summed E-state index contributed by atoms with van der Waals surface area (Å²) in [4.78, 5) is 11.8. The molecule has 0 aliphatic carbocycles. The second kappa shape index (κ2) is 4.72. The lowest BCUT2D eigenvalue weighted by Crippen LogP contribution is -2.30. The summed E-state index contributed by atoms with van der Waals surface area (Å²) in [7, 11) is 0. The molecule has 0 radical (unpaired) electrons. The maximum atomic E-state index is 11.8. The molecule has 0 saturated carbocycles. The van der Waals surface area contributed by atoms with Gasteiger partial charge in [0.2, 0.25) is 0 Å². The van der Waals surface area contributed by atoms with Crippen LogP contribution >= 0.6 is 0 Å². The predicted octanol–water partition coefficient (Wildman–Crippen LogP) is 2.08. The van der Waals surface area contributed by atoms with Gasteiger partial charge in [0.15, 0.2) is 5.78 Å². The van der Waals surface area contributed by atoms with Crippen LogP contribution in [0.25, 0.3) is 0 Å². The number of carbonyl (C=O) groups is 1. The van der Waals surface area contributed by atoms with Crippen LogP contribution in [0.4, 0.5) is 0 Å². The fraction of sp³-hybridized carbons (Fsp3) is 0.250. The summed E-state index contributed by atoms with van der Waals surface area (Å²) in [5.74, 6) is -0.0111. The first-order valence-electron chi connectivity index (χ1n) is 4.63. The van der Waals surface area contributed by atoms with Crippen LogP contribution in [0.5, 0.6) is 0 Å². The van der Waals surface area contributed by atoms with Crippen molar-refractivity contribution in [1.29, 1.82) is 0 Å². The normalized spacial score (nSPS) is 12.1. The monoisotopic (exact) mass is 189 g/mol. The Morgan fingerprint density at radius 1 is 1.57 bits per heavy atom. The summed E-state index contributed by atoms with van der Waals surface area (Å²) in [6.07, 6.45) is 2.19. The van der Waals surface area contributed by atoms with Gasteiger partial charge < -0.3 is 5.73 Å². The Hall–Kier alpha value is -1.41. The molecule has 0 bridgehead atoms. The Bertz CT molecular complexity index is 344. The molecule has 2 nitrogen and oxygen atoms in total. The van der Waals surface area contributed by atoms with E-state index in [1.807, 2.05) is 25.1 Å². The van der Waals surface area contributed by atoms with Gasteiger partial charge in [0.05, 0.1) is 6.04 Å². The third kappa shape index (κ3) is 2.30. The van der Waals surface area contributed by atoms with E-state index in [1.54, 1.807) is 12.1 Å². The van der Waals surface area contributed by atoms with E-state index in [0.717, 1.165) is 5.56 Å². The quantitative estimate of drug-likeness (QED) is 0.582. The first-order chi connectivity index (χ1) is 6.66. The number of hydrogen-bond donors (Lipinski definition) is 1. The van der Waals surface area contributed by atoms with Crippen molar-refractivity contribution in [2.24, 2.45) is 5.73 Å². The Labute approximate surface area is 84.4 Å². The molecule has 1 aromatic carbocycles. The fourth-order valence-corrected chi connectivity index (χ4v) is 1.34. The standard InChI is InChI=1S/C12H15NO/c1-3-6-11(13)12(14)10-8-5-4-7-9(10)2/h3-5,7-8,11H,1,6,13H2,2H3. The number of nitrogens with two attached hydrogens (primary N) is 1. The first-order valence-corrected chi connectivity index (χ1v) is 4.63. The number of Topliss-reactive ketones (excluding diaryl/α,β-unsaturated/α-hetero) is 1. The van der Waals surface area contributed by atoms with Crippen molar-refractivity contribution in [2.45, 2.75) is 19.4 Å². The molecule has 2 N–H and O–H groups in total. The molecule has 0 aromatic heterocycles. The summed E-state index contributed by atoms with van der Waals surface area (Å²) in [5, 5.41) is 0. The van der Waals surface area contributed by atoms with Crippen LogP contribution in [-0.4, -0.2) is 11.8 Å². The summed E-state index contributed by atoms with van der Waals surface area (Å²) < 4.78 is 0. The summed E-state index contributed by atoms with van der Waals surface area (Å²) in [6, 6.07) is 7.01. The van der Waals surface area contributed by atoms with E-state index in [9.17, 15) is 4.79 Å². The second-order valence-electron chi connectivity index (χ2n) is 3.31. The smallest absolute Gasteiger partial charge is 0.180 e. The van der Waals surface area contributed by atoms with E-state index in [-0.39, 0.29) is 5.78 Å². The zero-order chi connectivity index (χ0) is 10.6. The van der Waals surface area contributed by atoms with Gasteiger partial charge in [0, 0.05) is 5.56 Å². The third-order valence-corrected chi connectivity index (χ3v) is 2.17. The van der Waals surface area contributed by atoms with Crippen LogP contribution < -0.4 is 5.73 Å². The molecule has 0 amide bonds. The van der Waals surface area contributed by atoms with E-state index < -0.39 is 6.04 Å². The maximum absolute atomic E-state index is 11.8. The highest BCUT2D eigenvalue weighted by molar-refractivity contribution is 6.01. The topological polar surface area (TPSA) is 43.1 Å². The van der Waals surface area contributed by atoms with Crippen LogP contribution in [-0.2, 0) is 0 Å². The van der Waals surface area contributed by atoms with Gasteiger partial charge in [0.25, 0.3) is 0 Å². The van der Waals surface area contributed by atoms with Gasteiger partial charge >= 0.3 is 0 Å². The van der Waals surface area contributed by atoms with Gasteiger partial charge in [-0.1, -0.05) is 30.3 Å². The molecule has 0 spiro atoms. The molecule has 0 saturated heterocycles. The number of carbonyl (C=O) groups excluding carboxylic acids is 1. The van der Waals surface area contributed by atoms with E-state index >= 15 is 0 Å². The van der Waals surface area contributed by atoms with Crippen LogP contribution in [0.2, 0.25) is 0 Å². The highest BCUT2D eigenvalue weighted by atomic mass is 16.1. The van der Waals surface area contributed by atoms with Crippen LogP contribution in [0.3, 0.4) is 0 Å². The minimum Gasteiger partial charge on any atom is -0.321 e. The molecule has 1 aromatic rings. The molecular weight excluding hydrogens is 174 g/mol. The number of rotatable bonds is 4. The van der Waals surface area contributed by atoms with Gasteiger partial charge in [-0.2, -0.15) is 0 Å². The summed E-state index contributed by atoms with van der Waals surface area (Å²) in [6.45, 7) is 5.48. The first kappa shape index (κ1) is 10.7. The molecule has 1 rings (SSSR count). The molecule has 0 aliphatic rings. The van der Waals surface area contributed by atoms with Crippen molar-refractivity contribution in [2.75, 3.05) is 0 Å². The molecule has 1 atom stereocenters. The molecule has 0 heterocycles. The predicted molar refractivity (Wildman–Crippen MR) is 58.3 cm³/mol. The maximum Gasteiger partial charge on any atom is 0.180 e. The van der Waals surface area contributed by atoms with Gasteiger partial charge in [-0.15, -0.1) is 6.58 Å². The Balaban J connectivity index is 2.89. The van der Waals surface area contributed by atoms with Gasteiger partial charge in [-0.25, -0.2) is 0 Å². The largest absolute Gasteiger partial charge is 0.321 e. The minimum absolute atomic E-state index is 0.0111. The SMILES string of the molecule is C=CCC(N)C(=O)c1ccccc1C. The zero-order valence-corrected chi connectivity index (χ0v) is 8.36. The number of hydrogen-bond acceptors (Lipinski definition) is 2. The molecule has 74 valence electrons. The highest BCUT2D eigenvalue weighted by Gasteiger charge is 2.15. The highest BCUT2D eigenvalue weighted by Crippen LogP contribution is 2.10. The van der Waals surface area contributed by atoms with Crippen molar-refractivity contribution in [3.8, 4) is 0 Å². The van der Waals surface area contributed by atoms with E-state index in [2.05, 4.69) is 6.58 Å². The Kier molecular flexibility index (Phi) is 3.60. The average molecular weight is 189 g/mol. The Morgan fingerprint density at radius 2 is 2.21 bits per heavy atom. The minimum atomic E-state index is -0.464. The van der Waals surface area contributed by atoms with Crippen LogP contribution in [0, 0.1) is 6.92 Å². The van der Waals surface area contributed by atoms with Crippen molar-refractivity contribution >= 4 is 5.78 Å². The molecule has 2 heteroatoms. The van der Waals surface area contributed by atoms with Crippen LogP contribution in [0.15, 0.2) is 36.9 Å². The number of benzene rings is 1. The molecular formula is C12H15NO. The van der Waals surface area contributed by atoms with Crippen molar-refractivity contribution < 1.29 is 4.79 Å². The lowest BCUT2D eigenvalue weighted by atomic mass is 9.98. The summed E-state index contributed by atoms with van der Waals surface area (Å²) in [5.41, 5.74) is 7.39. The lowest BCUT2D eigenvalue weighted by Gasteiger charge is -2.09. The molecule has 1 unspecified atom stereocenters. The third-order valence-electron chi connectivity index (χ3n) is 2.17. The summed E-state index contributed by atoms with van der Waals surface area (Å²) >= 11 is 0. The second-order valence-corrected chi connectivity index (χ2v) is 3.31. The van der Waals surface area contributed by atoms with Crippen molar-refractivity contribution in [1.82, 2.24) is 0 Å². The van der Waals surface area contributed by atoms with E-state index in [1.165, 1.54) is 0 Å². The molecule has 0 fully saturated rings. The molecule has 0 aliphatic heterocycles. The zero-order valence-electron chi connectivity index (χ0n) is 8.36. The Morgan fingerprint density at radius 3 is 2.79 bits per heavy atom. The van der Waals surface area contributed by atoms with E-state index in [0.29, 0.717) is 12.0 Å². The number of aryl methyl sites for hydroxylation is 1. The lowest BCUT2D eigenvalue weighted by molar-refractivity contribution is 0.0961. The van der Waals surface area contributed by atoms with Gasteiger partial charge in [0.1, 0.15) is 0 Å². The van der Waals surface area contributed by atoms with Gasteiger partial charge in [-0.3, -0.25) is 4.79 Å². The van der Waals surface area contributed by atoms with Crippen LogP contribution in [0.1, 0.15) is 22.3 Å². The fourth-order valence-electron chi connectivity index (χ4n) is 1.34. The molecule has 14 heavy (non-hydrogen) atoms. The van der Waals surface area contributed by atoms with Crippen molar-refractivity contribution in [3.05, 3.63) is 48.0 Å². The van der Waals surface area contributed by atoms with Crippen molar-refractivity contribution in [3.63, 3.8) is 0 Å². The van der Waals surface area contributed by atoms with Gasteiger partial charge in [-0.05, 0) is 18.9 Å². The van der Waals surface area contributed by atoms with E-state index in [4.69, 9.17) is 5.73 Å².